The van der Waals surface area contributed by atoms with Gasteiger partial charge in [0, 0.05) is 35.1 Å². The molecule has 31 heavy (non-hydrogen) atoms. The molecule has 0 fully saturated rings. The number of nitrogens with one attached hydrogen (secondary N) is 1. The predicted octanol–water partition coefficient (Wildman–Crippen LogP) is 5.47. The number of aromatic nitrogens is 2. The van der Waals surface area contributed by atoms with E-state index < -0.39 is 5.60 Å². The number of anilines is 1. The number of nitrogens with zero attached hydrogens (tertiary/aromatic N) is 3. The Morgan fingerprint density at radius 3 is 2.68 bits per heavy atom. The molecule has 0 saturated carbocycles. The molecule has 5 heteroatoms. The molecule has 0 amide bonds. The molecule has 0 bridgehead atoms. The molecule has 1 unspecified atom stereocenters. The molecular formula is C26H26N4O. The van der Waals surface area contributed by atoms with Gasteiger partial charge in [-0.2, -0.15) is 5.26 Å². The third kappa shape index (κ3) is 4.08. The molecule has 2 heterocycles. The highest BCUT2D eigenvalue weighted by Crippen LogP contribution is 2.35. The summed E-state index contributed by atoms with van der Waals surface area (Å²) in [5.74, 6) is 0. The van der Waals surface area contributed by atoms with Crippen LogP contribution in [0.25, 0.3) is 22.0 Å². The van der Waals surface area contributed by atoms with E-state index in [9.17, 15) is 10.4 Å². The smallest absolute Gasteiger partial charge is 0.103 e. The number of allylic oxidation sites excluding steroid dienone is 2. The number of nitriles is 1. The van der Waals surface area contributed by atoms with Crippen LogP contribution in [0.15, 0.2) is 67.2 Å². The molecule has 0 aliphatic heterocycles. The van der Waals surface area contributed by atoms with Crippen molar-refractivity contribution in [3.63, 3.8) is 0 Å². The Hall–Kier alpha value is -3.49. The van der Waals surface area contributed by atoms with Crippen LogP contribution >= 0.6 is 0 Å². The van der Waals surface area contributed by atoms with Crippen molar-refractivity contribution in [3.05, 3.63) is 78.3 Å². The van der Waals surface area contributed by atoms with Gasteiger partial charge in [-0.05, 0) is 50.5 Å². The van der Waals surface area contributed by atoms with Gasteiger partial charge < -0.3 is 10.4 Å². The molecule has 0 spiro atoms. The fourth-order valence-electron chi connectivity index (χ4n) is 3.88. The van der Waals surface area contributed by atoms with E-state index in [1.54, 1.807) is 32.4 Å². The molecular weight excluding hydrogens is 384 g/mol. The summed E-state index contributed by atoms with van der Waals surface area (Å²) in [6.45, 7) is 5.64. The van der Waals surface area contributed by atoms with Crippen molar-refractivity contribution >= 4 is 16.6 Å². The van der Waals surface area contributed by atoms with Gasteiger partial charge in [0.1, 0.15) is 6.07 Å². The zero-order valence-electron chi connectivity index (χ0n) is 18.1. The molecule has 5 nitrogen and oxygen atoms in total. The van der Waals surface area contributed by atoms with E-state index in [-0.39, 0.29) is 5.54 Å². The minimum Gasteiger partial charge on any atom is -0.386 e. The van der Waals surface area contributed by atoms with Crippen molar-refractivity contribution in [3.8, 4) is 17.2 Å². The van der Waals surface area contributed by atoms with Gasteiger partial charge in [-0.3, -0.25) is 9.97 Å². The first kappa shape index (κ1) is 20.8. The Morgan fingerprint density at radius 2 is 2.00 bits per heavy atom. The van der Waals surface area contributed by atoms with Crippen LogP contribution in [-0.4, -0.2) is 20.6 Å². The first-order valence-electron chi connectivity index (χ1n) is 10.5. The molecule has 1 atom stereocenters. The molecule has 156 valence electrons. The molecule has 2 aromatic heterocycles. The van der Waals surface area contributed by atoms with Crippen molar-refractivity contribution < 1.29 is 5.11 Å². The van der Waals surface area contributed by atoms with E-state index in [0.717, 1.165) is 46.1 Å². The van der Waals surface area contributed by atoms with Gasteiger partial charge in [-0.25, -0.2) is 0 Å². The molecule has 4 rings (SSSR count). The number of fused-ring (bicyclic) bond motifs is 1. The zero-order valence-corrected chi connectivity index (χ0v) is 18.1. The molecule has 1 aliphatic carbocycles. The second-order valence-electron chi connectivity index (χ2n) is 8.54. The lowest BCUT2D eigenvalue weighted by Crippen LogP contribution is -2.36. The maximum atomic E-state index is 10.4. The first-order chi connectivity index (χ1) is 14.8. The first-order valence-corrected chi connectivity index (χ1v) is 10.5. The Balaban J connectivity index is 1.86. The van der Waals surface area contributed by atoms with Gasteiger partial charge in [0.2, 0.25) is 0 Å². The van der Waals surface area contributed by atoms with Crippen molar-refractivity contribution in [2.24, 2.45) is 0 Å². The summed E-state index contributed by atoms with van der Waals surface area (Å²) in [5, 5.41) is 24.7. The number of rotatable bonds is 5. The standard InChI is InChI=1S/C26H26N4O/c1-4-26(10-6-5-7-11-26)30-24-20(14-27)16-29-23-9-8-18(13-22(23)24)19-12-21(17-28-15-19)25(2,3)31/h5-10,12-13,15-17,31H,4,11H2,1-3H3,(H,29,30). The van der Waals surface area contributed by atoms with Crippen LogP contribution in [0.3, 0.4) is 0 Å². The highest BCUT2D eigenvalue weighted by atomic mass is 16.3. The summed E-state index contributed by atoms with van der Waals surface area (Å²) in [6, 6.07) is 10.2. The highest BCUT2D eigenvalue weighted by molar-refractivity contribution is 5.97. The number of aliphatic hydroxyl groups is 1. The van der Waals surface area contributed by atoms with Crippen LogP contribution in [0.1, 0.15) is 44.7 Å². The summed E-state index contributed by atoms with van der Waals surface area (Å²) in [7, 11) is 0. The second-order valence-corrected chi connectivity index (χ2v) is 8.54. The van der Waals surface area contributed by atoms with Gasteiger partial charge in [0.25, 0.3) is 0 Å². The number of hydrogen-bond acceptors (Lipinski definition) is 5. The van der Waals surface area contributed by atoms with E-state index in [4.69, 9.17) is 0 Å². The third-order valence-electron chi connectivity index (χ3n) is 5.92. The molecule has 1 aromatic carbocycles. The van der Waals surface area contributed by atoms with E-state index >= 15 is 0 Å². The van der Waals surface area contributed by atoms with Crippen LogP contribution in [0.4, 0.5) is 5.69 Å². The fraction of sp³-hybridized carbons (Fsp3) is 0.269. The summed E-state index contributed by atoms with van der Waals surface area (Å²) in [5.41, 5.74) is 3.52. The van der Waals surface area contributed by atoms with Crippen molar-refractivity contribution in [1.82, 2.24) is 9.97 Å². The number of pyridine rings is 2. The minimum absolute atomic E-state index is 0.243. The zero-order chi connectivity index (χ0) is 22.1. The van der Waals surface area contributed by atoms with Crippen molar-refractivity contribution in [2.75, 3.05) is 5.32 Å². The van der Waals surface area contributed by atoms with E-state index in [1.807, 2.05) is 30.3 Å². The normalized spacial score (nSPS) is 18.2. The monoisotopic (exact) mass is 410 g/mol. The SMILES string of the molecule is CCC1(Nc2c(C#N)cnc3ccc(-c4cncc(C(C)(C)O)c4)cc23)C=CC=CC1. The molecule has 1 aliphatic rings. The average molecular weight is 411 g/mol. The van der Waals surface area contributed by atoms with Gasteiger partial charge in [0.15, 0.2) is 0 Å². The van der Waals surface area contributed by atoms with Gasteiger partial charge >= 0.3 is 0 Å². The van der Waals surface area contributed by atoms with Crippen molar-refractivity contribution in [2.45, 2.75) is 44.8 Å². The van der Waals surface area contributed by atoms with Gasteiger partial charge in [0.05, 0.1) is 27.9 Å². The van der Waals surface area contributed by atoms with Crippen molar-refractivity contribution in [1.29, 1.82) is 5.26 Å². The Kier molecular flexibility index (Phi) is 5.34. The molecule has 0 saturated heterocycles. The topological polar surface area (TPSA) is 81.8 Å². The average Bonchev–Trinajstić information content (AvgIpc) is 2.79. The second kappa shape index (κ2) is 7.98. The maximum Gasteiger partial charge on any atom is 0.103 e. The Labute approximate surface area is 182 Å². The molecule has 2 N–H and O–H groups in total. The maximum absolute atomic E-state index is 10.4. The Morgan fingerprint density at radius 1 is 1.16 bits per heavy atom. The van der Waals surface area contributed by atoms with Crippen LogP contribution in [-0.2, 0) is 5.60 Å². The van der Waals surface area contributed by atoms with Crippen LogP contribution in [0.5, 0.6) is 0 Å². The fourth-order valence-corrected chi connectivity index (χ4v) is 3.88. The Bertz CT molecular complexity index is 1230. The lowest BCUT2D eigenvalue weighted by molar-refractivity contribution is 0.0783. The number of benzene rings is 1. The van der Waals surface area contributed by atoms with E-state index in [2.05, 4.69) is 46.5 Å². The van der Waals surface area contributed by atoms with Gasteiger partial charge in [-0.1, -0.05) is 37.3 Å². The van der Waals surface area contributed by atoms with Gasteiger partial charge in [-0.15, -0.1) is 0 Å². The number of hydrogen-bond donors (Lipinski definition) is 2. The van der Waals surface area contributed by atoms with E-state index in [1.165, 1.54) is 0 Å². The summed E-state index contributed by atoms with van der Waals surface area (Å²) in [4.78, 5) is 8.82. The lowest BCUT2D eigenvalue weighted by atomic mass is 9.87. The van der Waals surface area contributed by atoms with Crippen LogP contribution in [0.2, 0.25) is 0 Å². The highest BCUT2D eigenvalue weighted by Gasteiger charge is 2.27. The minimum atomic E-state index is -0.976. The summed E-state index contributed by atoms with van der Waals surface area (Å²) in [6.07, 6.45) is 15.2. The molecule has 3 aromatic rings. The lowest BCUT2D eigenvalue weighted by Gasteiger charge is -2.33. The summed E-state index contributed by atoms with van der Waals surface area (Å²) < 4.78 is 0. The van der Waals surface area contributed by atoms with E-state index in [0.29, 0.717) is 5.56 Å². The third-order valence-corrected chi connectivity index (χ3v) is 5.92. The van der Waals surface area contributed by atoms with Crippen LogP contribution < -0.4 is 5.32 Å². The molecule has 0 radical (unpaired) electrons. The van der Waals surface area contributed by atoms with Crippen LogP contribution in [0, 0.1) is 11.3 Å². The largest absolute Gasteiger partial charge is 0.386 e. The summed E-state index contributed by atoms with van der Waals surface area (Å²) >= 11 is 0. The predicted molar refractivity (Wildman–Crippen MR) is 124 cm³/mol. The quantitative estimate of drug-likeness (QED) is 0.583.